The molecule has 2 aromatic rings. The molecular weight excluding hydrogens is 263 g/mol. The minimum absolute atomic E-state index is 0.167. The van der Waals surface area contributed by atoms with Gasteiger partial charge in [-0.25, -0.2) is 0 Å². The summed E-state index contributed by atoms with van der Waals surface area (Å²) >= 11 is 3.07. The average Bonchev–Trinajstić information content (AvgIpc) is 2.45. The second-order valence-electron chi connectivity index (χ2n) is 2.60. The highest BCUT2D eigenvalue weighted by atomic mass is 79.9. The summed E-state index contributed by atoms with van der Waals surface area (Å²) in [5.41, 5.74) is 0.167. The molecular formula is C7H3BrF3N3. The number of pyridine rings is 1. The fourth-order valence-electron chi connectivity index (χ4n) is 1.06. The molecule has 0 aliphatic rings. The Morgan fingerprint density at radius 3 is 2.57 bits per heavy atom. The molecule has 0 aromatic carbocycles. The lowest BCUT2D eigenvalue weighted by Crippen LogP contribution is -2.10. The zero-order valence-electron chi connectivity index (χ0n) is 6.59. The van der Waals surface area contributed by atoms with Gasteiger partial charge in [-0.1, -0.05) is 0 Å². The molecule has 2 heterocycles. The Balaban J connectivity index is 2.73. The molecule has 0 aliphatic carbocycles. The molecule has 0 atom stereocenters. The SMILES string of the molecule is FC(F)(F)c1nnc2ccc(Br)cn12. The van der Waals surface area contributed by atoms with Crippen molar-refractivity contribution < 1.29 is 13.2 Å². The highest BCUT2D eigenvalue weighted by Gasteiger charge is 2.36. The molecule has 14 heavy (non-hydrogen) atoms. The molecule has 0 bridgehead atoms. The smallest absolute Gasteiger partial charge is 0.278 e. The first-order chi connectivity index (χ1) is 6.48. The third-order valence-electron chi connectivity index (χ3n) is 1.62. The Bertz CT molecular complexity index is 476. The molecule has 0 amide bonds. The van der Waals surface area contributed by atoms with Crippen molar-refractivity contribution in [2.45, 2.75) is 6.18 Å². The van der Waals surface area contributed by atoms with Crippen LogP contribution in [-0.4, -0.2) is 14.6 Å². The highest BCUT2D eigenvalue weighted by molar-refractivity contribution is 9.10. The van der Waals surface area contributed by atoms with E-state index in [1.165, 1.54) is 12.3 Å². The molecule has 0 N–H and O–H groups in total. The summed E-state index contributed by atoms with van der Waals surface area (Å²) in [6, 6.07) is 3.05. The quantitative estimate of drug-likeness (QED) is 0.733. The monoisotopic (exact) mass is 265 g/mol. The molecule has 7 heteroatoms. The van der Waals surface area contributed by atoms with E-state index in [1.807, 2.05) is 0 Å². The predicted molar refractivity (Wildman–Crippen MR) is 45.7 cm³/mol. The van der Waals surface area contributed by atoms with Crippen LogP contribution in [0.3, 0.4) is 0 Å². The summed E-state index contributed by atoms with van der Waals surface area (Å²) in [6.45, 7) is 0. The minimum atomic E-state index is -4.49. The summed E-state index contributed by atoms with van der Waals surface area (Å²) in [4.78, 5) is 0. The Labute approximate surface area is 84.7 Å². The van der Waals surface area contributed by atoms with E-state index in [-0.39, 0.29) is 5.65 Å². The first kappa shape index (κ1) is 9.45. The Morgan fingerprint density at radius 2 is 1.93 bits per heavy atom. The van der Waals surface area contributed by atoms with Gasteiger partial charge in [0.05, 0.1) is 0 Å². The lowest BCUT2D eigenvalue weighted by molar-refractivity contribution is -0.145. The van der Waals surface area contributed by atoms with Gasteiger partial charge in [-0.05, 0) is 28.1 Å². The molecule has 2 rings (SSSR count). The van der Waals surface area contributed by atoms with Crippen molar-refractivity contribution in [2.75, 3.05) is 0 Å². The van der Waals surface area contributed by atoms with Crippen molar-refractivity contribution in [3.63, 3.8) is 0 Å². The second kappa shape index (κ2) is 2.94. The number of alkyl halides is 3. The molecule has 0 saturated carbocycles. The van der Waals surface area contributed by atoms with Crippen LogP contribution in [0.1, 0.15) is 5.82 Å². The first-order valence-corrected chi connectivity index (χ1v) is 4.35. The summed E-state index contributed by atoms with van der Waals surface area (Å²) in [5.74, 6) is -1.02. The van der Waals surface area contributed by atoms with Crippen molar-refractivity contribution in [2.24, 2.45) is 0 Å². The molecule has 0 saturated heterocycles. The number of hydrogen-bond donors (Lipinski definition) is 0. The van der Waals surface area contributed by atoms with E-state index in [4.69, 9.17) is 0 Å². The van der Waals surface area contributed by atoms with Gasteiger partial charge in [-0.3, -0.25) is 4.40 Å². The molecule has 0 aliphatic heterocycles. The average molecular weight is 266 g/mol. The fraction of sp³-hybridized carbons (Fsp3) is 0.143. The largest absolute Gasteiger partial charge is 0.452 e. The lowest BCUT2D eigenvalue weighted by atomic mass is 10.4. The van der Waals surface area contributed by atoms with Gasteiger partial charge in [0.1, 0.15) is 0 Å². The summed E-state index contributed by atoms with van der Waals surface area (Å²) in [6.07, 6.45) is -3.21. The van der Waals surface area contributed by atoms with E-state index in [2.05, 4.69) is 26.1 Å². The number of fused-ring (bicyclic) bond motifs is 1. The van der Waals surface area contributed by atoms with E-state index in [0.29, 0.717) is 4.47 Å². The van der Waals surface area contributed by atoms with Crippen LogP contribution in [0, 0.1) is 0 Å². The van der Waals surface area contributed by atoms with E-state index < -0.39 is 12.0 Å². The Kier molecular flexibility index (Phi) is 1.99. The van der Waals surface area contributed by atoms with Crippen LogP contribution in [0.25, 0.3) is 5.65 Å². The van der Waals surface area contributed by atoms with E-state index in [0.717, 1.165) is 4.40 Å². The summed E-state index contributed by atoms with van der Waals surface area (Å²) < 4.78 is 38.5. The summed E-state index contributed by atoms with van der Waals surface area (Å²) in [5, 5.41) is 6.47. The van der Waals surface area contributed by atoms with Crippen molar-refractivity contribution in [3.8, 4) is 0 Å². The van der Waals surface area contributed by atoms with Crippen LogP contribution >= 0.6 is 15.9 Å². The van der Waals surface area contributed by atoms with Gasteiger partial charge in [0.2, 0.25) is 5.82 Å². The van der Waals surface area contributed by atoms with E-state index >= 15 is 0 Å². The summed E-state index contributed by atoms with van der Waals surface area (Å²) in [7, 11) is 0. The van der Waals surface area contributed by atoms with E-state index in [1.54, 1.807) is 6.07 Å². The first-order valence-electron chi connectivity index (χ1n) is 3.56. The van der Waals surface area contributed by atoms with Gasteiger partial charge in [-0.15, -0.1) is 10.2 Å². The Hall–Kier alpha value is -1.11. The highest BCUT2D eigenvalue weighted by Crippen LogP contribution is 2.28. The number of rotatable bonds is 0. The van der Waals surface area contributed by atoms with Gasteiger partial charge >= 0.3 is 6.18 Å². The number of halogens is 4. The Morgan fingerprint density at radius 1 is 1.21 bits per heavy atom. The normalized spacial score (nSPS) is 12.3. The standard InChI is InChI=1S/C7H3BrF3N3/c8-4-1-2-5-12-13-6(7(9,10)11)14(5)3-4/h1-3H. The van der Waals surface area contributed by atoms with Gasteiger partial charge < -0.3 is 0 Å². The fourth-order valence-corrected chi connectivity index (χ4v) is 1.40. The van der Waals surface area contributed by atoms with Crippen LogP contribution in [-0.2, 0) is 6.18 Å². The van der Waals surface area contributed by atoms with E-state index in [9.17, 15) is 13.2 Å². The predicted octanol–water partition coefficient (Wildman–Crippen LogP) is 2.51. The molecule has 3 nitrogen and oxygen atoms in total. The molecule has 2 aromatic heterocycles. The van der Waals surface area contributed by atoms with Crippen molar-refractivity contribution in [1.82, 2.24) is 14.6 Å². The van der Waals surface area contributed by atoms with Crippen LogP contribution in [0.2, 0.25) is 0 Å². The van der Waals surface area contributed by atoms with Crippen molar-refractivity contribution in [1.29, 1.82) is 0 Å². The molecule has 0 unspecified atom stereocenters. The maximum absolute atomic E-state index is 12.3. The third-order valence-corrected chi connectivity index (χ3v) is 2.09. The van der Waals surface area contributed by atoms with Gasteiger partial charge in [0, 0.05) is 10.7 Å². The molecule has 0 radical (unpaired) electrons. The van der Waals surface area contributed by atoms with Gasteiger partial charge in [0.15, 0.2) is 5.65 Å². The third kappa shape index (κ3) is 1.47. The molecule has 0 fully saturated rings. The number of nitrogens with zero attached hydrogens (tertiary/aromatic N) is 3. The maximum Gasteiger partial charge on any atom is 0.452 e. The van der Waals surface area contributed by atoms with Crippen LogP contribution in [0.5, 0.6) is 0 Å². The molecule has 0 spiro atoms. The zero-order valence-corrected chi connectivity index (χ0v) is 8.17. The number of aromatic nitrogens is 3. The van der Waals surface area contributed by atoms with Crippen LogP contribution < -0.4 is 0 Å². The van der Waals surface area contributed by atoms with Crippen LogP contribution in [0.4, 0.5) is 13.2 Å². The number of hydrogen-bond acceptors (Lipinski definition) is 2. The molecule has 74 valence electrons. The minimum Gasteiger partial charge on any atom is -0.278 e. The topological polar surface area (TPSA) is 30.2 Å². The lowest BCUT2D eigenvalue weighted by Gasteiger charge is -2.03. The van der Waals surface area contributed by atoms with Crippen molar-refractivity contribution >= 4 is 21.6 Å². The zero-order chi connectivity index (χ0) is 10.3. The second-order valence-corrected chi connectivity index (χ2v) is 3.51. The van der Waals surface area contributed by atoms with Gasteiger partial charge in [-0.2, -0.15) is 13.2 Å². The maximum atomic E-state index is 12.3. The van der Waals surface area contributed by atoms with Gasteiger partial charge in [0.25, 0.3) is 0 Å². The van der Waals surface area contributed by atoms with Crippen molar-refractivity contribution in [3.05, 3.63) is 28.6 Å². The van der Waals surface area contributed by atoms with Crippen LogP contribution in [0.15, 0.2) is 22.8 Å².